The van der Waals surface area contributed by atoms with Crippen molar-refractivity contribution in [1.82, 2.24) is 14.8 Å². The molecule has 78 valence electrons. The Kier molecular flexibility index (Phi) is 2.75. The van der Waals surface area contributed by atoms with Crippen LogP contribution < -0.4 is 0 Å². The standard InChI is InChI=1S/C10H10BrN3S/c1-6-3-4-7(5-8(6)11)9-12-10(15)14(2)13-9/h3-5H,1-2H3,(H,12,13,15). The minimum Gasteiger partial charge on any atom is -0.279 e. The third-order valence-electron chi connectivity index (χ3n) is 2.21. The Bertz CT molecular complexity index is 556. The molecule has 1 aromatic heterocycles. The van der Waals surface area contributed by atoms with Crippen molar-refractivity contribution in [3.05, 3.63) is 33.0 Å². The summed E-state index contributed by atoms with van der Waals surface area (Å²) < 4.78 is 3.35. The molecule has 0 aliphatic heterocycles. The summed E-state index contributed by atoms with van der Waals surface area (Å²) in [4.78, 5) is 4.25. The second-order valence-electron chi connectivity index (χ2n) is 3.38. The van der Waals surface area contributed by atoms with Crippen molar-refractivity contribution in [1.29, 1.82) is 0 Å². The quantitative estimate of drug-likeness (QED) is 0.816. The van der Waals surface area contributed by atoms with Crippen molar-refractivity contribution in [3.63, 3.8) is 0 Å². The smallest absolute Gasteiger partial charge is 0.216 e. The number of benzene rings is 1. The zero-order valence-electron chi connectivity index (χ0n) is 8.41. The molecule has 0 bridgehead atoms. The van der Waals surface area contributed by atoms with E-state index in [1.165, 1.54) is 5.56 Å². The topological polar surface area (TPSA) is 33.6 Å². The minimum atomic E-state index is 0.557. The molecule has 2 rings (SSSR count). The van der Waals surface area contributed by atoms with Crippen LogP contribution in [0.15, 0.2) is 22.7 Å². The van der Waals surface area contributed by atoms with Crippen molar-refractivity contribution >= 4 is 28.1 Å². The van der Waals surface area contributed by atoms with Crippen molar-refractivity contribution in [2.75, 3.05) is 0 Å². The number of hydrogen-bond acceptors (Lipinski definition) is 2. The molecule has 2 aromatic rings. The lowest BCUT2D eigenvalue weighted by Gasteiger charge is -2.00. The molecule has 1 N–H and O–H groups in total. The Hall–Kier alpha value is -0.940. The van der Waals surface area contributed by atoms with Gasteiger partial charge in [-0.3, -0.25) is 9.78 Å². The molecule has 0 fully saturated rings. The van der Waals surface area contributed by atoms with Crippen LogP contribution in [0.25, 0.3) is 11.4 Å². The number of aromatic amines is 1. The molecule has 5 heteroatoms. The van der Waals surface area contributed by atoms with E-state index >= 15 is 0 Å². The molecule has 0 aliphatic carbocycles. The number of halogens is 1. The van der Waals surface area contributed by atoms with E-state index < -0.39 is 0 Å². The average molecular weight is 284 g/mol. The Morgan fingerprint density at radius 2 is 2.20 bits per heavy atom. The van der Waals surface area contributed by atoms with Crippen LogP contribution in [0.3, 0.4) is 0 Å². The Labute approximate surface area is 101 Å². The van der Waals surface area contributed by atoms with Gasteiger partial charge in [0.15, 0.2) is 5.82 Å². The molecule has 15 heavy (non-hydrogen) atoms. The molecule has 1 aromatic carbocycles. The third kappa shape index (κ3) is 2.03. The molecule has 0 saturated carbocycles. The first-order valence-corrected chi connectivity index (χ1v) is 5.67. The van der Waals surface area contributed by atoms with Crippen LogP contribution in [0, 0.1) is 11.7 Å². The summed E-state index contributed by atoms with van der Waals surface area (Å²) in [6, 6.07) is 6.10. The first-order valence-electron chi connectivity index (χ1n) is 4.47. The lowest BCUT2D eigenvalue weighted by Crippen LogP contribution is -1.89. The molecular formula is C10H10BrN3S. The van der Waals surface area contributed by atoms with Gasteiger partial charge in [-0.15, -0.1) is 0 Å². The summed E-state index contributed by atoms with van der Waals surface area (Å²) in [5.74, 6) is 0.795. The minimum absolute atomic E-state index is 0.557. The number of aryl methyl sites for hydroxylation is 2. The van der Waals surface area contributed by atoms with Crippen LogP contribution in [-0.4, -0.2) is 14.8 Å². The lowest BCUT2D eigenvalue weighted by atomic mass is 10.1. The van der Waals surface area contributed by atoms with E-state index in [2.05, 4.69) is 32.9 Å². The highest BCUT2D eigenvalue weighted by Gasteiger charge is 2.04. The zero-order chi connectivity index (χ0) is 11.0. The predicted molar refractivity (Wildman–Crippen MR) is 66.3 cm³/mol. The molecule has 3 nitrogen and oxygen atoms in total. The average Bonchev–Trinajstić information content (AvgIpc) is 2.52. The van der Waals surface area contributed by atoms with Crippen molar-refractivity contribution < 1.29 is 0 Å². The summed E-state index contributed by atoms with van der Waals surface area (Å²) in [6.07, 6.45) is 0. The van der Waals surface area contributed by atoms with E-state index in [9.17, 15) is 0 Å². The maximum absolute atomic E-state index is 5.04. The lowest BCUT2D eigenvalue weighted by molar-refractivity contribution is 0.756. The summed E-state index contributed by atoms with van der Waals surface area (Å²) in [5.41, 5.74) is 2.23. The van der Waals surface area contributed by atoms with Crippen LogP contribution in [0.4, 0.5) is 0 Å². The van der Waals surface area contributed by atoms with Gasteiger partial charge < -0.3 is 0 Å². The molecule has 0 spiro atoms. The second kappa shape index (κ2) is 3.90. The number of rotatable bonds is 1. The first-order chi connectivity index (χ1) is 7.08. The fourth-order valence-corrected chi connectivity index (χ4v) is 1.79. The largest absolute Gasteiger partial charge is 0.279 e. The summed E-state index contributed by atoms with van der Waals surface area (Å²) in [6.45, 7) is 2.05. The Morgan fingerprint density at radius 3 is 2.73 bits per heavy atom. The van der Waals surface area contributed by atoms with Crippen LogP contribution in [-0.2, 0) is 7.05 Å². The summed E-state index contributed by atoms with van der Waals surface area (Å²) >= 11 is 8.54. The van der Waals surface area contributed by atoms with Crippen molar-refractivity contribution in [2.45, 2.75) is 6.92 Å². The predicted octanol–water partition coefficient (Wildman–Crippen LogP) is 3.22. The van der Waals surface area contributed by atoms with Gasteiger partial charge in [-0.05, 0) is 30.8 Å². The first kappa shape index (κ1) is 10.6. The van der Waals surface area contributed by atoms with Crippen molar-refractivity contribution in [2.24, 2.45) is 7.05 Å². The second-order valence-corrected chi connectivity index (χ2v) is 4.60. The fourth-order valence-electron chi connectivity index (χ4n) is 1.27. The van der Waals surface area contributed by atoms with Gasteiger partial charge >= 0.3 is 0 Å². The monoisotopic (exact) mass is 283 g/mol. The van der Waals surface area contributed by atoms with Gasteiger partial charge in [-0.2, -0.15) is 4.98 Å². The van der Waals surface area contributed by atoms with Crippen LogP contribution in [0.1, 0.15) is 5.56 Å². The van der Waals surface area contributed by atoms with Gasteiger partial charge in [0.05, 0.1) is 0 Å². The highest BCUT2D eigenvalue weighted by atomic mass is 79.9. The molecule has 0 unspecified atom stereocenters. The maximum atomic E-state index is 5.04. The normalized spacial score (nSPS) is 10.6. The van der Waals surface area contributed by atoms with E-state index in [0.29, 0.717) is 4.77 Å². The maximum Gasteiger partial charge on any atom is 0.216 e. The molecule has 0 amide bonds. The number of nitrogens with zero attached hydrogens (tertiary/aromatic N) is 2. The van der Waals surface area contributed by atoms with Crippen LogP contribution >= 0.6 is 28.1 Å². The van der Waals surface area contributed by atoms with Gasteiger partial charge in [0.2, 0.25) is 4.77 Å². The fraction of sp³-hybridized carbons (Fsp3) is 0.200. The van der Waals surface area contributed by atoms with Crippen LogP contribution in [0.2, 0.25) is 0 Å². The molecular weight excluding hydrogens is 274 g/mol. The van der Waals surface area contributed by atoms with Crippen molar-refractivity contribution in [3.8, 4) is 11.4 Å². The van der Waals surface area contributed by atoms with E-state index in [0.717, 1.165) is 15.9 Å². The van der Waals surface area contributed by atoms with Crippen LogP contribution in [0.5, 0.6) is 0 Å². The van der Waals surface area contributed by atoms with Gasteiger partial charge in [0.1, 0.15) is 0 Å². The number of nitrogens with one attached hydrogen (secondary N) is 1. The Morgan fingerprint density at radius 1 is 1.47 bits per heavy atom. The number of H-pyrrole nitrogens is 1. The summed E-state index contributed by atoms with van der Waals surface area (Å²) in [7, 11) is 1.85. The number of hydrogen-bond donors (Lipinski definition) is 1. The Balaban J connectivity index is 2.54. The zero-order valence-corrected chi connectivity index (χ0v) is 10.8. The van der Waals surface area contributed by atoms with E-state index in [-0.39, 0.29) is 0 Å². The van der Waals surface area contributed by atoms with E-state index in [1.54, 1.807) is 4.68 Å². The van der Waals surface area contributed by atoms with E-state index in [4.69, 9.17) is 12.2 Å². The van der Waals surface area contributed by atoms with Gasteiger partial charge in [0.25, 0.3) is 0 Å². The molecule has 0 saturated heterocycles. The summed E-state index contributed by atoms with van der Waals surface area (Å²) in [5, 5.41) is 3.09. The highest BCUT2D eigenvalue weighted by Crippen LogP contribution is 2.23. The highest BCUT2D eigenvalue weighted by molar-refractivity contribution is 9.10. The molecule has 0 radical (unpaired) electrons. The van der Waals surface area contributed by atoms with E-state index in [1.807, 2.05) is 25.2 Å². The molecule has 0 atom stereocenters. The van der Waals surface area contributed by atoms with Gasteiger partial charge in [-0.25, -0.2) is 0 Å². The SMILES string of the molecule is Cc1ccc(-c2nc(=S)n(C)[nH]2)cc1Br. The van der Waals surface area contributed by atoms with Gasteiger partial charge in [-0.1, -0.05) is 28.1 Å². The number of aromatic nitrogens is 3. The molecule has 1 heterocycles. The van der Waals surface area contributed by atoms with Gasteiger partial charge in [0, 0.05) is 17.1 Å². The third-order valence-corrected chi connectivity index (χ3v) is 3.43. The molecule has 0 aliphatic rings.